The highest BCUT2D eigenvalue weighted by Crippen LogP contribution is 2.30. The van der Waals surface area contributed by atoms with Crippen molar-refractivity contribution in [3.05, 3.63) is 35.4 Å². The highest BCUT2D eigenvalue weighted by Gasteiger charge is 2.43. The van der Waals surface area contributed by atoms with E-state index >= 15 is 0 Å². The molecule has 0 N–H and O–H groups in total. The number of rotatable bonds is 4. The number of esters is 1. The first-order chi connectivity index (χ1) is 12.0. The van der Waals surface area contributed by atoms with E-state index in [1.807, 2.05) is 32.0 Å². The molecule has 1 saturated heterocycles. The van der Waals surface area contributed by atoms with Crippen molar-refractivity contribution in [3.63, 3.8) is 0 Å². The normalized spacial score (nSPS) is 20.8. The summed E-state index contributed by atoms with van der Waals surface area (Å²) in [5.74, 6) is -0.713. The van der Waals surface area contributed by atoms with Gasteiger partial charge < -0.3 is 14.5 Å². The summed E-state index contributed by atoms with van der Waals surface area (Å²) in [5.41, 5.74) is 1.60. The van der Waals surface area contributed by atoms with Crippen LogP contribution in [0.1, 0.15) is 42.6 Å². The Morgan fingerprint density at radius 3 is 2.60 bits per heavy atom. The third-order valence-electron chi connectivity index (χ3n) is 5.08. The molecule has 0 spiro atoms. The molecule has 2 atom stereocenters. The second-order valence-electron chi connectivity index (χ2n) is 6.99. The molecular formula is C19H24N2O4. The first kappa shape index (κ1) is 17.5. The summed E-state index contributed by atoms with van der Waals surface area (Å²) >= 11 is 0. The number of carbonyl (C=O) groups is 3. The Hall–Kier alpha value is -2.37. The van der Waals surface area contributed by atoms with E-state index in [2.05, 4.69) is 0 Å². The zero-order chi connectivity index (χ0) is 18.1. The Balaban J connectivity index is 1.86. The molecule has 2 aliphatic rings. The number of methoxy groups -OCH3 is 1. The first-order valence-corrected chi connectivity index (χ1v) is 8.73. The fourth-order valence-corrected chi connectivity index (χ4v) is 3.86. The summed E-state index contributed by atoms with van der Waals surface area (Å²) in [6.07, 6.45) is 1.38. The molecule has 0 saturated carbocycles. The van der Waals surface area contributed by atoms with Gasteiger partial charge in [0.15, 0.2) is 0 Å². The van der Waals surface area contributed by atoms with E-state index in [9.17, 15) is 14.4 Å². The van der Waals surface area contributed by atoms with Gasteiger partial charge in [0.05, 0.1) is 7.11 Å². The van der Waals surface area contributed by atoms with Crippen molar-refractivity contribution >= 4 is 17.8 Å². The predicted octanol–water partition coefficient (Wildman–Crippen LogP) is 1.83. The SMILES string of the molecule is COC(=O)C1CCCN1C(=O)C(C(C)C)N1Cc2ccccc2C1=O. The molecule has 3 rings (SSSR count). The lowest BCUT2D eigenvalue weighted by Gasteiger charge is -2.34. The molecule has 0 bridgehead atoms. The molecule has 1 fully saturated rings. The van der Waals surface area contributed by atoms with Crippen molar-refractivity contribution in [1.29, 1.82) is 0 Å². The number of hydrogen-bond donors (Lipinski definition) is 0. The minimum absolute atomic E-state index is 0.0512. The van der Waals surface area contributed by atoms with Gasteiger partial charge in [0.2, 0.25) is 5.91 Å². The molecule has 2 unspecified atom stereocenters. The second-order valence-corrected chi connectivity index (χ2v) is 6.99. The summed E-state index contributed by atoms with van der Waals surface area (Å²) < 4.78 is 4.84. The molecule has 6 heteroatoms. The second kappa shape index (κ2) is 6.86. The molecule has 25 heavy (non-hydrogen) atoms. The van der Waals surface area contributed by atoms with Crippen molar-refractivity contribution in [3.8, 4) is 0 Å². The summed E-state index contributed by atoms with van der Waals surface area (Å²) in [6.45, 7) is 4.82. The lowest BCUT2D eigenvalue weighted by atomic mass is 10.0. The van der Waals surface area contributed by atoms with E-state index in [1.54, 1.807) is 15.9 Å². The number of ether oxygens (including phenoxy) is 1. The molecule has 0 radical (unpaired) electrons. The number of fused-ring (bicyclic) bond motifs is 1. The van der Waals surface area contributed by atoms with Crippen molar-refractivity contribution in [1.82, 2.24) is 9.80 Å². The average Bonchev–Trinajstić information content (AvgIpc) is 3.20. The predicted molar refractivity (Wildman–Crippen MR) is 91.7 cm³/mol. The Morgan fingerprint density at radius 1 is 1.24 bits per heavy atom. The monoisotopic (exact) mass is 344 g/mol. The lowest BCUT2D eigenvalue weighted by Crippen LogP contribution is -2.54. The molecule has 1 aromatic rings. The largest absolute Gasteiger partial charge is 0.467 e. The maximum atomic E-state index is 13.2. The summed E-state index contributed by atoms with van der Waals surface area (Å²) in [5, 5.41) is 0. The van der Waals surface area contributed by atoms with Crippen LogP contribution in [0.2, 0.25) is 0 Å². The van der Waals surface area contributed by atoms with Crippen molar-refractivity contribution < 1.29 is 19.1 Å². The van der Waals surface area contributed by atoms with E-state index in [0.717, 1.165) is 12.0 Å². The van der Waals surface area contributed by atoms with Gasteiger partial charge in [0, 0.05) is 18.7 Å². The number of likely N-dealkylation sites (tertiary alicyclic amines) is 1. The van der Waals surface area contributed by atoms with Gasteiger partial charge in [-0.1, -0.05) is 32.0 Å². The van der Waals surface area contributed by atoms with Crippen molar-refractivity contribution in [2.45, 2.75) is 45.3 Å². The Labute approximate surface area is 147 Å². The third kappa shape index (κ3) is 3.01. The van der Waals surface area contributed by atoms with E-state index in [-0.39, 0.29) is 23.7 Å². The van der Waals surface area contributed by atoms with Gasteiger partial charge in [-0.25, -0.2) is 4.79 Å². The number of carbonyl (C=O) groups excluding carboxylic acids is 3. The minimum atomic E-state index is -0.579. The van der Waals surface area contributed by atoms with Gasteiger partial charge in [-0.3, -0.25) is 9.59 Å². The molecule has 0 aromatic heterocycles. The molecule has 2 aliphatic heterocycles. The van der Waals surface area contributed by atoms with Crippen LogP contribution in [0.25, 0.3) is 0 Å². The molecule has 6 nitrogen and oxygen atoms in total. The van der Waals surface area contributed by atoms with Crippen LogP contribution in [0.4, 0.5) is 0 Å². The highest BCUT2D eigenvalue weighted by molar-refractivity contribution is 6.01. The topological polar surface area (TPSA) is 66.9 Å². The molecule has 0 aliphatic carbocycles. The number of hydrogen-bond acceptors (Lipinski definition) is 4. The van der Waals surface area contributed by atoms with Gasteiger partial charge in [0.25, 0.3) is 5.91 Å². The van der Waals surface area contributed by atoms with Gasteiger partial charge in [-0.15, -0.1) is 0 Å². The standard InChI is InChI=1S/C19H24N2O4/c1-12(2)16(18(23)20-10-6-9-15(20)19(24)25-3)21-11-13-7-4-5-8-14(13)17(21)22/h4-5,7-8,12,15-16H,6,9-11H2,1-3H3. The van der Waals surface area contributed by atoms with E-state index in [4.69, 9.17) is 4.74 Å². The number of benzene rings is 1. The van der Waals surface area contributed by atoms with E-state index in [1.165, 1.54) is 7.11 Å². The van der Waals surface area contributed by atoms with Crippen LogP contribution >= 0.6 is 0 Å². The Morgan fingerprint density at radius 2 is 1.96 bits per heavy atom. The van der Waals surface area contributed by atoms with Crippen LogP contribution in [0.5, 0.6) is 0 Å². The molecule has 2 amide bonds. The van der Waals surface area contributed by atoms with Crippen LogP contribution in [-0.2, 0) is 20.9 Å². The summed E-state index contributed by atoms with van der Waals surface area (Å²) in [4.78, 5) is 41.2. The fraction of sp³-hybridized carbons (Fsp3) is 0.526. The number of amides is 2. The smallest absolute Gasteiger partial charge is 0.328 e. The van der Waals surface area contributed by atoms with Crippen molar-refractivity contribution in [2.24, 2.45) is 5.92 Å². The quantitative estimate of drug-likeness (QED) is 0.782. The van der Waals surface area contributed by atoms with Crippen molar-refractivity contribution in [2.75, 3.05) is 13.7 Å². The molecule has 2 heterocycles. The first-order valence-electron chi connectivity index (χ1n) is 8.73. The summed E-state index contributed by atoms with van der Waals surface area (Å²) in [7, 11) is 1.34. The Kier molecular flexibility index (Phi) is 4.79. The van der Waals surface area contributed by atoms with Gasteiger partial charge >= 0.3 is 5.97 Å². The highest BCUT2D eigenvalue weighted by atomic mass is 16.5. The lowest BCUT2D eigenvalue weighted by molar-refractivity contribution is -0.153. The molecule has 134 valence electrons. The molecule has 1 aromatic carbocycles. The zero-order valence-electron chi connectivity index (χ0n) is 14.9. The minimum Gasteiger partial charge on any atom is -0.467 e. The Bertz CT molecular complexity index is 700. The fourth-order valence-electron chi connectivity index (χ4n) is 3.86. The molecular weight excluding hydrogens is 320 g/mol. The van der Waals surface area contributed by atoms with Crippen LogP contribution in [0.15, 0.2) is 24.3 Å². The van der Waals surface area contributed by atoms with Crippen LogP contribution in [-0.4, -0.2) is 53.3 Å². The van der Waals surface area contributed by atoms with Crippen LogP contribution in [0, 0.1) is 5.92 Å². The van der Waals surface area contributed by atoms with Crippen LogP contribution < -0.4 is 0 Å². The van der Waals surface area contributed by atoms with E-state index < -0.39 is 12.1 Å². The number of nitrogens with zero attached hydrogens (tertiary/aromatic N) is 2. The van der Waals surface area contributed by atoms with Gasteiger partial charge in [-0.2, -0.15) is 0 Å². The van der Waals surface area contributed by atoms with Gasteiger partial charge in [0.1, 0.15) is 12.1 Å². The maximum absolute atomic E-state index is 13.2. The van der Waals surface area contributed by atoms with Crippen LogP contribution in [0.3, 0.4) is 0 Å². The third-order valence-corrected chi connectivity index (χ3v) is 5.08. The zero-order valence-corrected chi connectivity index (χ0v) is 14.9. The average molecular weight is 344 g/mol. The van der Waals surface area contributed by atoms with E-state index in [0.29, 0.717) is 25.1 Å². The maximum Gasteiger partial charge on any atom is 0.328 e. The van der Waals surface area contributed by atoms with Gasteiger partial charge in [-0.05, 0) is 30.4 Å². The summed E-state index contributed by atoms with van der Waals surface area (Å²) in [6, 6.07) is 6.33.